The molecule has 0 radical (unpaired) electrons. The third kappa shape index (κ3) is 2.98. The first-order valence-corrected chi connectivity index (χ1v) is 5.99. The summed E-state index contributed by atoms with van der Waals surface area (Å²) in [4.78, 5) is 20.9. The summed E-state index contributed by atoms with van der Waals surface area (Å²) in [6.45, 7) is 1.64. The van der Waals surface area contributed by atoms with E-state index in [-0.39, 0.29) is 31.2 Å². The molecule has 9 heteroatoms. The van der Waals surface area contributed by atoms with Gasteiger partial charge < -0.3 is 4.90 Å². The fraction of sp³-hybridized carbons (Fsp3) is 0.545. The number of amides is 1. The van der Waals surface area contributed by atoms with Crippen molar-refractivity contribution in [2.45, 2.75) is 19.5 Å². The number of anilines is 1. The van der Waals surface area contributed by atoms with E-state index in [9.17, 15) is 18.0 Å². The molecule has 0 saturated carbocycles. The topological polar surface area (TPSA) is 84.1 Å². The van der Waals surface area contributed by atoms with Gasteiger partial charge in [-0.2, -0.15) is 13.2 Å². The molecule has 1 aliphatic rings. The van der Waals surface area contributed by atoms with Crippen molar-refractivity contribution < 1.29 is 18.0 Å². The Kier molecular flexibility index (Phi) is 3.80. The minimum absolute atomic E-state index is 0.000773. The summed E-state index contributed by atoms with van der Waals surface area (Å²) >= 11 is 0. The summed E-state index contributed by atoms with van der Waals surface area (Å²) in [6, 6.07) is 1.42. The van der Waals surface area contributed by atoms with Crippen LogP contribution in [0.1, 0.15) is 22.6 Å². The summed E-state index contributed by atoms with van der Waals surface area (Å²) in [5, 5.41) is 0. The maximum atomic E-state index is 12.6. The van der Waals surface area contributed by atoms with Crippen LogP contribution >= 0.6 is 0 Å². The van der Waals surface area contributed by atoms with E-state index >= 15 is 0 Å². The molecule has 1 aromatic heterocycles. The van der Waals surface area contributed by atoms with Crippen LogP contribution in [0.25, 0.3) is 0 Å². The van der Waals surface area contributed by atoms with Gasteiger partial charge in [0.05, 0.1) is 5.92 Å². The second kappa shape index (κ2) is 5.23. The lowest BCUT2D eigenvalue weighted by molar-refractivity contribution is -0.168. The fourth-order valence-electron chi connectivity index (χ4n) is 2.09. The van der Waals surface area contributed by atoms with Gasteiger partial charge in [-0.05, 0) is 19.4 Å². The Morgan fingerprint density at radius 2 is 2.20 bits per heavy atom. The highest BCUT2D eigenvalue weighted by molar-refractivity contribution is 5.92. The molecular formula is C11H14F3N5O. The summed E-state index contributed by atoms with van der Waals surface area (Å²) in [5.41, 5.74) is 2.45. The maximum Gasteiger partial charge on any atom is 0.393 e. The molecule has 2 heterocycles. The average molecular weight is 289 g/mol. The predicted molar refractivity (Wildman–Crippen MR) is 64.8 cm³/mol. The SMILES string of the molecule is Cc1cc(C(=O)NN)nc(N2CCC(C(F)(F)F)C2)n1. The summed E-state index contributed by atoms with van der Waals surface area (Å²) < 4.78 is 37.9. The Morgan fingerprint density at radius 3 is 2.75 bits per heavy atom. The first-order chi connectivity index (χ1) is 9.31. The molecule has 1 unspecified atom stereocenters. The van der Waals surface area contributed by atoms with Crippen molar-refractivity contribution in [1.82, 2.24) is 15.4 Å². The number of hydrogen-bond donors (Lipinski definition) is 2. The minimum atomic E-state index is -4.23. The smallest absolute Gasteiger partial charge is 0.340 e. The molecule has 1 atom stereocenters. The normalized spacial score (nSPS) is 19.2. The van der Waals surface area contributed by atoms with E-state index in [1.54, 1.807) is 6.92 Å². The lowest BCUT2D eigenvalue weighted by Crippen LogP contribution is -2.32. The largest absolute Gasteiger partial charge is 0.393 e. The highest BCUT2D eigenvalue weighted by Gasteiger charge is 2.44. The molecule has 0 spiro atoms. The van der Waals surface area contributed by atoms with E-state index in [2.05, 4.69) is 9.97 Å². The number of carbonyl (C=O) groups excluding carboxylic acids is 1. The number of alkyl halides is 3. The van der Waals surface area contributed by atoms with Crippen LogP contribution in [-0.4, -0.2) is 35.1 Å². The number of hydrazine groups is 1. The van der Waals surface area contributed by atoms with Crippen LogP contribution in [0.4, 0.5) is 19.1 Å². The number of rotatable bonds is 2. The number of hydrogen-bond acceptors (Lipinski definition) is 5. The molecule has 0 aromatic carbocycles. The Balaban J connectivity index is 2.22. The van der Waals surface area contributed by atoms with Gasteiger partial charge >= 0.3 is 6.18 Å². The minimum Gasteiger partial charge on any atom is -0.340 e. The van der Waals surface area contributed by atoms with E-state index < -0.39 is 18.0 Å². The molecule has 1 saturated heterocycles. The number of nitrogen functional groups attached to an aromatic ring is 1. The fourth-order valence-corrected chi connectivity index (χ4v) is 2.09. The van der Waals surface area contributed by atoms with Gasteiger partial charge in [0.15, 0.2) is 0 Å². The number of aromatic nitrogens is 2. The zero-order chi connectivity index (χ0) is 14.9. The van der Waals surface area contributed by atoms with Crippen molar-refractivity contribution in [1.29, 1.82) is 0 Å². The number of nitrogens with zero attached hydrogens (tertiary/aromatic N) is 3. The monoisotopic (exact) mass is 289 g/mol. The number of halogens is 3. The number of nitrogens with two attached hydrogens (primary N) is 1. The Labute approximate surface area is 113 Å². The van der Waals surface area contributed by atoms with E-state index in [1.165, 1.54) is 11.0 Å². The van der Waals surface area contributed by atoms with Crippen LogP contribution in [0.3, 0.4) is 0 Å². The zero-order valence-electron chi connectivity index (χ0n) is 10.7. The molecule has 0 bridgehead atoms. The molecule has 1 amide bonds. The number of nitrogens with one attached hydrogen (secondary N) is 1. The molecule has 6 nitrogen and oxygen atoms in total. The van der Waals surface area contributed by atoms with Crippen LogP contribution in [0.2, 0.25) is 0 Å². The zero-order valence-corrected chi connectivity index (χ0v) is 10.7. The number of carbonyl (C=O) groups is 1. The molecule has 1 fully saturated rings. The van der Waals surface area contributed by atoms with Gasteiger partial charge in [-0.25, -0.2) is 15.8 Å². The third-order valence-electron chi connectivity index (χ3n) is 3.14. The third-order valence-corrected chi connectivity index (χ3v) is 3.14. The van der Waals surface area contributed by atoms with E-state index in [1.807, 2.05) is 5.43 Å². The standard InChI is InChI=1S/C11H14F3N5O/c1-6-4-8(9(20)18-15)17-10(16-6)19-3-2-7(5-19)11(12,13)14/h4,7H,2-3,5,15H2,1H3,(H,18,20). The summed E-state index contributed by atoms with van der Waals surface area (Å²) in [7, 11) is 0. The van der Waals surface area contributed by atoms with E-state index in [0.717, 1.165) is 0 Å². The van der Waals surface area contributed by atoms with E-state index in [0.29, 0.717) is 5.69 Å². The molecule has 20 heavy (non-hydrogen) atoms. The second-order valence-electron chi connectivity index (χ2n) is 4.64. The highest BCUT2D eigenvalue weighted by atomic mass is 19.4. The summed E-state index contributed by atoms with van der Waals surface area (Å²) in [6.07, 6.45) is -4.23. The molecule has 0 aliphatic carbocycles. The van der Waals surface area contributed by atoms with Crippen molar-refractivity contribution in [3.05, 3.63) is 17.5 Å². The van der Waals surface area contributed by atoms with Gasteiger partial charge in [0, 0.05) is 18.8 Å². The van der Waals surface area contributed by atoms with Crippen LogP contribution < -0.4 is 16.2 Å². The molecule has 3 N–H and O–H groups in total. The van der Waals surface area contributed by atoms with Crippen LogP contribution in [-0.2, 0) is 0 Å². The van der Waals surface area contributed by atoms with Crippen LogP contribution in [0.15, 0.2) is 6.07 Å². The van der Waals surface area contributed by atoms with E-state index in [4.69, 9.17) is 5.84 Å². The molecule has 2 rings (SSSR count). The number of aryl methyl sites for hydroxylation is 1. The average Bonchev–Trinajstić information content (AvgIpc) is 2.86. The Hall–Kier alpha value is -1.90. The van der Waals surface area contributed by atoms with Gasteiger partial charge in [0.25, 0.3) is 5.91 Å². The van der Waals surface area contributed by atoms with Crippen molar-refractivity contribution in [2.24, 2.45) is 11.8 Å². The lowest BCUT2D eigenvalue weighted by atomic mass is 10.1. The van der Waals surface area contributed by atoms with Gasteiger partial charge in [0.1, 0.15) is 5.69 Å². The summed E-state index contributed by atoms with van der Waals surface area (Å²) in [5.74, 6) is 3.14. The molecular weight excluding hydrogens is 275 g/mol. The highest BCUT2D eigenvalue weighted by Crippen LogP contribution is 2.34. The van der Waals surface area contributed by atoms with Crippen LogP contribution in [0, 0.1) is 12.8 Å². The quantitative estimate of drug-likeness (QED) is 0.477. The van der Waals surface area contributed by atoms with Gasteiger partial charge in [-0.15, -0.1) is 0 Å². The Bertz CT molecular complexity index is 519. The maximum absolute atomic E-state index is 12.6. The first kappa shape index (κ1) is 14.5. The van der Waals surface area contributed by atoms with Crippen LogP contribution in [0.5, 0.6) is 0 Å². The first-order valence-electron chi connectivity index (χ1n) is 5.99. The Morgan fingerprint density at radius 1 is 1.50 bits per heavy atom. The molecule has 1 aliphatic heterocycles. The van der Waals surface area contributed by atoms with Crippen molar-refractivity contribution in [2.75, 3.05) is 18.0 Å². The van der Waals surface area contributed by atoms with Gasteiger partial charge in [-0.1, -0.05) is 0 Å². The molecule has 110 valence electrons. The second-order valence-corrected chi connectivity index (χ2v) is 4.64. The molecule has 1 aromatic rings. The van der Waals surface area contributed by atoms with Crippen molar-refractivity contribution in [3.63, 3.8) is 0 Å². The predicted octanol–water partition coefficient (Wildman–Crippen LogP) is 0.777. The van der Waals surface area contributed by atoms with Gasteiger partial charge in [0.2, 0.25) is 5.95 Å². The van der Waals surface area contributed by atoms with Crippen molar-refractivity contribution in [3.8, 4) is 0 Å². The lowest BCUT2D eigenvalue weighted by Gasteiger charge is -2.18. The van der Waals surface area contributed by atoms with Gasteiger partial charge in [-0.3, -0.25) is 10.2 Å². The van der Waals surface area contributed by atoms with Crippen molar-refractivity contribution >= 4 is 11.9 Å².